The van der Waals surface area contributed by atoms with Gasteiger partial charge in [-0.15, -0.1) is 0 Å². The zero-order valence-corrected chi connectivity index (χ0v) is 17.4. The second kappa shape index (κ2) is 8.27. The first-order valence-corrected chi connectivity index (χ1v) is 10.7. The number of ether oxygens (including phenoxy) is 2. The van der Waals surface area contributed by atoms with E-state index in [9.17, 15) is 14.9 Å². The summed E-state index contributed by atoms with van der Waals surface area (Å²) in [5.74, 6) is 1.34. The first-order valence-electron chi connectivity index (χ1n) is 10.7. The van der Waals surface area contributed by atoms with Crippen LogP contribution in [-0.2, 0) is 19.1 Å². The largest absolute Gasteiger partial charge is 0.463 e. The maximum absolute atomic E-state index is 11.4. The van der Waals surface area contributed by atoms with Crippen LogP contribution in [0.5, 0.6) is 0 Å². The summed E-state index contributed by atoms with van der Waals surface area (Å²) in [5.41, 5.74) is 1.46. The van der Waals surface area contributed by atoms with Crippen LogP contribution in [-0.4, -0.2) is 24.1 Å². The van der Waals surface area contributed by atoms with Gasteiger partial charge in [-0.1, -0.05) is 19.1 Å². The van der Waals surface area contributed by atoms with E-state index < -0.39 is 12.1 Å². The van der Waals surface area contributed by atoms with Gasteiger partial charge in [0.2, 0.25) is 0 Å². The molecular formula is C23H33NO4. The number of carbonyl (C=O) groups is 2. The van der Waals surface area contributed by atoms with Crippen molar-refractivity contribution in [2.45, 2.75) is 84.3 Å². The number of nitriles is 1. The molecule has 0 spiro atoms. The third-order valence-corrected chi connectivity index (χ3v) is 7.77. The number of fused-ring (bicyclic) bond motifs is 3. The van der Waals surface area contributed by atoms with E-state index in [4.69, 9.17) is 9.47 Å². The number of hydrogen-bond acceptors (Lipinski definition) is 5. The minimum atomic E-state index is -0.691. The Kier molecular flexibility index (Phi) is 6.17. The highest BCUT2D eigenvalue weighted by molar-refractivity contribution is 5.66. The molecule has 5 nitrogen and oxygen atoms in total. The summed E-state index contributed by atoms with van der Waals surface area (Å²) in [6, 6.07) is 2.15. The third kappa shape index (κ3) is 4.11. The van der Waals surface area contributed by atoms with Crippen LogP contribution in [0.15, 0.2) is 12.2 Å². The highest BCUT2D eigenvalue weighted by atomic mass is 16.5. The molecule has 0 aromatic heterocycles. The lowest BCUT2D eigenvalue weighted by atomic mass is 9.47. The Hall–Kier alpha value is -1.83. The van der Waals surface area contributed by atoms with Gasteiger partial charge in [-0.25, -0.2) is 0 Å². The van der Waals surface area contributed by atoms with Crippen molar-refractivity contribution >= 4 is 11.9 Å². The molecule has 3 aliphatic rings. The number of allylic oxidation sites excluding steroid dienone is 1. The summed E-state index contributed by atoms with van der Waals surface area (Å²) >= 11 is 0. The molecule has 0 aromatic rings. The van der Waals surface area contributed by atoms with Crippen molar-refractivity contribution in [3.05, 3.63) is 12.2 Å². The summed E-state index contributed by atoms with van der Waals surface area (Å²) in [4.78, 5) is 22.7. The Morgan fingerprint density at radius 1 is 1.25 bits per heavy atom. The van der Waals surface area contributed by atoms with Gasteiger partial charge in [0.05, 0.1) is 0 Å². The molecule has 3 rings (SSSR count). The van der Waals surface area contributed by atoms with Crippen LogP contribution in [0.2, 0.25) is 0 Å². The van der Waals surface area contributed by atoms with Crippen molar-refractivity contribution in [3.8, 4) is 6.07 Å². The van der Waals surface area contributed by atoms with E-state index in [2.05, 4.69) is 19.6 Å². The van der Waals surface area contributed by atoms with Crippen molar-refractivity contribution in [2.24, 2.45) is 29.1 Å². The van der Waals surface area contributed by atoms with Gasteiger partial charge in [0.1, 0.15) is 12.2 Å². The molecule has 0 saturated heterocycles. The third-order valence-electron chi connectivity index (χ3n) is 7.77. The molecule has 0 unspecified atom stereocenters. The number of esters is 2. The molecule has 0 aromatic carbocycles. The summed E-state index contributed by atoms with van der Waals surface area (Å²) in [5, 5.41) is 9.43. The van der Waals surface area contributed by atoms with Crippen LogP contribution >= 0.6 is 0 Å². The lowest BCUT2D eigenvalue weighted by Crippen LogP contribution is -2.51. The Labute approximate surface area is 168 Å². The zero-order valence-electron chi connectivity index (χ0n) is 17.4. The number of carbonyl (C=O) groups excluding carboxylic acids is 2. The molecule has 3 aliphatic carbocycles. The highest BCUT2D eigenvalue weighted by Gasteiger charge is 2.54. The van der Waals surface area contributed by atoms with Crippen LogP contribution in [0.3, 0.4) is 0 Å². The maximum Gasteiger partial charge on any atom is 0.303 e. The van der Waals surface area contributed by atoms with E-state index in [0.29, 0.717) is 24.2 Å². The monoisotopic (exact) mass is 387 g/mol. The van der Waals surface area contributed by atoms with Gasteiger partial charge in [-0.2, -0.15) is 5.26 Å². The molecule has 154 valence electrons. The van der Waals surface area contributed by atoms with E-state index in [1.54, 1.807) is 0 Å². The van der Waals surface area contributed by atoms with Crippen LogP contribution < -0.4 is 0 Å². The van der Waals surface area contributed by atoms with Crippen LogP contribution in [0.4, 0.5) is 0 Å². The maximum atomic E-state index is 11.4. The number of rotatable bonds is 4. The minimum absolute atomic E-state index is 0.0633. The smallest absolute Gasteiger partial charge is 0.303 e. The molecule has 28 heavy (non-hydrogen) atoms. The molecule has 0 bridgehead atoms. The predicted molar refractivity (Wildman–Crippen MR) is 105 cm³/mol. The van der Waals surface area contributed by atoms with Gasteiger partial charge in [-0.05, 0) is 74.0 Å². The van der Waals surface area contributed by atoms with Crippen molar-refractivity contribution in [1.29, 1.82) is 5.26 Å². The Balaban J connectivity index is 1.75. The zero-order chi connectivity index (χ0) is 20.5. The van der Waals surface area contributed by atoms with Gasteiger partial charge in [-0.3, -0.25) is 9.59 Å². The molecule has 0 aliphatic heterocycles. The second-order valence-corrected chi connectivity index (χ2v) is 9.32. The normalized spacial score (nSPS) is 38.4. The predicted octanol–water partition coefficient (Wildman–Crippen LogP) is 4.56. The van der Waals surface area contributed by atoms with Crippen LogP contribution in [0.1, 0.15) is 72.1 Å². The molecule has 3 fully saturated rings. The topological polar surface area (TPSA) is 76.4 Å². The number of nitrogens with zero attached hydrogens (tertiary/aromatic N) is 1. The van der Waals surface area contributed by atoms with Gasteiger partial charge in [0.25, 0.3) is 0 Å². The molecule has 3 saturated carbocycles. The van der Waals surface area contributed by atoms with Gasteiger partial charge in [0, 0.05) is 20.3 Å². The fraction of sp³-hybridized carbons (Fsp3) is 0.783. The quantitative estimate of drug-likeness (QED) is 0.522. The fourth-order valence-electron chi connectivity index (χ4n) is 6.50. The Morgan fingerprint density at radius 2 is 2.00 bits per heavy atom. The summed E-state index contributed by atoms with van der Waals surface area (Å²) in [6.07, 6.45) is 7.31. The SMILES string of the molecule is C=C1CC[C@H]2[C@@H](CC[C@H]3C[C@@H](OC(C)=O)CC[C@@]32C)[C@@H]1C[C@@H](C#N)OC(C)=O. The number of hydrogen-bond donors (Lipinski definition) is 0. The Morgan fingerprint density at radius 3 is 2.64 bits per heavy atom. The lowest BCUT2D eigenvalue weighted by Gasteiger charge is -2.58. The van der Waals surface area contributed by atoms with E-state index in [0.717, 1.165) is 44.9 Å². The lowest BCUT2D eigenvalue weighted by molar-refractivity contribution is -0.156. The van der Waals surface area contributed by atoms with Gasteiger partial charge < -0.3 is 9.47 Å². The first kappa shape index (κ1) is 20.9. The van der Waals surface area contributed by atoms with E-state index in [-0.39, 0.29) is 23.4 Å². The average molecular weight is 388 g/mol. The Bertz CT molecular complexity index is 681. The van der Waals surface area contributed by atoms with Crippen molar-refractivity contribution < 1.29 is 19.1 Å². The molecule has 0 N–H and O–H groups in total. The van der Waals surface area contributed by atoms with Crippen molar-refractivity contribution in [2.75, 3.05) is 0 Å². The van der Waals surface area contributed by atoms with E-state index >= 15 is 0 Å². The minimum Gasteiger partial charge on any atom is -0.463 e. The van der Waals surface area contributed by atoms with Crippen molar-refractivity contribution in [3.63, 3.8) is 0 Å². The molecule has 0 radical (unpaired) electrons. The van der Waals surface area contributed by atoms with E-state index in [1.807, 2.05) is 0 Å². The first-order chi connectivity index (χ1) is 13.2. The molecule has 0 heterocycles. The fourth-order valence-corrected chi connectivity index (χ4v) is 6.50. The summed E-state index contributed by atoms with van der Waals surface area (Å²) < 4.78 is 10.7. The van der Waals surface area contributed by atoms with Gasteiger partial charge >= 0.3 is 11.9 Å². The second-order valence-electron chi connectivity index (χ2n) is 9.32. The summed E-state index contributed by atoms with van der Waals surface area (Å²) in [6.45, 7) is 9.60. The van der Waals surface area contributed by atoms with Gasteiger partial charge in [0.15, 0.2) is 6.10 Å². The highest BCUT2D eigenvalue weighted by Crippen LogP contribution is 2.61. The van der Waals surface area contributed by atoms with E-state index in [1.165, 1.54) is 19.4 Å². The molecular weight excluding hydrogens is 354 g/mol. The average Bonchev–Trinajstić information content (AvgIpc) is 2.62. The molecule has 7 atom stereocenters. The van der Waals surface area contributed by atoms with Crippen LogP contribution in [0, 0.1) is 40.4 Å². The van der Waals surface area contributed by atoms with Crippen molar-refractivity contribution in [1.82, 2.24) is 0 Å². The molecule has 5 heteroatoms. The van der Waals surface area contributed by atoms with Crippen LogP contribution in [0.25, 0.3) is 0 Å². The standard InChI is InChI=1S/C23H33NO4/c1-14-5-8-22-20(21(14)12-19(13-24)28-16(3)26)7-6-17-11-18(27-15(2)25)9-10-23(17,22)4/h17-22H,1,5-12H2,2-4H3/t17-,18-,19-,20-,21+,22-,23-/m0/s1. The summed E-state index contributed by atoms with van der Waals surface area (Å²) in [7, 11) is 0. The molecule has 0 amide bonds.